The fourth-order valence-electron chi connectivity index (χ4n) is 3.15. The maximum atomic E-state index is 12.4. The van der Waals surface area contributed by atoms with E-state index in [1.807, 2.05) is 68.4 Å². The van der Waals surface area contributed by atoms with E-state index in [9.17, 15) is 4.79 Å². The minimum Gasteiger partial charge on any atom is -0.464 e. The SMILES string of the molecule is CCOC(=O)C(C)N=P(c1ccccc1)(c1ccccc1)c1ccccc1. The zero-order chi connectivity index (χ0) is 19.1. The number of carbonyl (C=O) groups excluding carboxylic acids is 1. The van der Waals surface area contributed by atoms with Crippen molar-refractivity contribution in [2.75, 3.05) is 6.61 Å². The number of ether oxygens (including phenoxy) is 1. The Morgan fingerprint density at radius 1 is 0.815 bits per heavy atom. The van der Waals surface area contributed by atoms with Crippen LogP contribution in [-0.4, -0.2) is 18.6 Å². The predicted octanol–water partition coefficient (Wildman–Crippen LogP) is 4.12. The molecule has 0 saturated carbocycles. The molecule has 0 fully saturated rings. The molecule has 1 unspecified atom stereocenters. The van der Waals surface area contributed by atoms with Crippen LogP contribution in [0.3, 0.4) is 0 Å². The lowest BCUT2D eigenvalue weighted by Gasteiger charge is -2.28. The maximum absolute atomic E-state index is 12.4. The summed E-state index contributed by atoms with van der Waals surface area (Å²) in [7, 11) is -2.36. The zero-order valence-corrected chi connectivity index (χ0v) is 16.6. The first-order chi connectivity index (χ1) is 13.2. The Balaban J connectivity index is 2.35. The van der Waals surface area contributed by atoms with Gasteiger partial charge in [-0.2, -0.15) is 0 Å². The molecule has 0 aliphatic carbocycles. The highest BCUT2D eigenvalue weighted by Crippen LogP contribution is 2.47. The van der Waals surface area contributed by atoms with Crippen molar-refractivity contribution in [2.24, 2.45) is 4.74 Å². The molecule has 27 heavy (non-hydrogen) atoms. The van der Waals surface area contributed by atoms with Gasteiger partial charge in [0.05, 0.1) is 13.7 Å². The standard InChI is InChI=1S/C23H24NO2P/c1-3-26-23(25)19(2)24-27(20-13-7-4-8-14-20,21-15-9-5-10-16-21)22-17-11-6-12-18-22/h4-19H,3H2,1-2H3. The van der Waals surface area contributed by atoms with Gasteiger partial charge in [0.25, 0.3) is 0 Å². The molecule has 0 aliphatic rings. The lowest BCUT2D eigenvalue weighted by molar-refractivity contribution is -0.144. The number of nitrogens with zero attached hydrogens (tertiary/aromatic N) is 1. The summed E-state index contributed by atoms with van der Waals surface area (Å²) in [6.07, 6.45) is 0. The van der Waals surface area contributed by atoms with Crippen molar-refractivity contribution in [3.8, 4) is 0 Å². The smallest absolute Gasteiger partial charge is 0.330 e. The van der Waals surface area contributed by atoms with E-state index in [0.717, 1.165) is 15.9 Å². The zero-order valence-electron chi connectivity index (χ0n) is 15.7. The highest BCUT2D eigenvalue weighted by atomic mass is 31.2. The second-order valence-electron chi connectivity index (χ2n) is 6.19. The first kappa shape index (κ1) is 19.1. The number of benzene rings is 3. The molecule has 0 saturated heterocycles. The van der Waals surface area contributed by atoms with Crippen molar-refractivity contribution in [3.63, 3.8) is 0 Å². The Bertz CT molecular complexity index is 821. The van der Waals surface area contributed by atoms with E-state index < -0.39 is 13.1 Å². The molecular weight excluding hydrogens is 353 g/mol. The number of carbonyl (C=O) groups is 1. The van der Waals surface area contributed by atoms with E-state index >= 15 is 0 Å². The van der Waals surface area contributed by atoms with Gasteiger partial charge in [0.1, 0.15) is 6.04 Å². The normalized spacial score (nSPS) is 12.2. The van der Waals surface area contributed by atoms with Crippen LogP contribution in [0.4, 0.5) is 0 Å². The molecule has 3 nitrogen and oxygen atoms in total. The molecule has 0 amide bonds. The molecule has 3 aromatic rings. The number of rotatable bonds is 6. The van der Waals surface area contributed by atoms with E-state index in [4.69, 9.17) is 9.48 Å². The van der Waals surface area contributed by atoms with Crippen molar-refractivity contribution in [2.45, 2.75) is 19.9 Å². The Kier molecular flexibility index (Phi) is 6.26. The summed E-state index contributed by atoms with van der Waals surface area (Å²) in [4.78, 5) is 12.4. The molecule has 138 valence electrons. The van der Waals surface area contributed by atoms with Gasteiger partial charge in [0.15, 0.2) is 0 Å². The molecule has 0 N–H and O–H groups in total. The van der Waals surface area contributed by atoms with Crippen LogP contribution in [0.2, 0.25) is 0 Å². The van der Waals surface area contributed by atoms with Gasteiger partial charge in [0.2, 0.25) is 0 Å². The number of esters is 1. The van der Waals surface area contributed by atoms with Crippen molar-refractivity contribution in [1.82, 2.24) is 0 Å². The molecule has 3 aromatic carbocycles. The van der Waals surface area contributed by atoms with Gasteiger partial charge in [-0.25, -0.2) is 4.79 Å². The number of hydrogen-bond acceptors (Lipinski definition) is 3. The van der Waals surface area contributed by atoms with Crippen molar-refractivity contribution in [3.05, 3.63) is 91.0 Å². The average molecular weight is 377 g/mol. The van der Waals surface area contributed by atoms with Gasteiger partial charge in [-0.3, -0.25) is 4.74 Å². The van der Waals surface area contributed by atoms with Crippen LogP contribution in [0.5, 0.6) is 0 Å². The summed E-state index contributed by atoms with van der Waals surface area (Å²) in [5.41, 5.74) is 0. The van der Waals surface area contributed by atoms with E-state index in [2.05, 4.69) is 36.4 Å². The Hall–Kier alpha value is -2.64. The van der Waals surface area contributed by atoms with E-state index in [1.165, 1.54) is 0 Å². The van der Waals surface area contributed by atoms with Crippen LogP contribution in [0, 0.1) is 0 Å². The first-order valence-electron chi connectivity index (χ1n) is 9.13. The van der Waals surface area contributed by atoms with Gasteiger partial charge >= 0.3 is 5.97 Å². The molecule has 3 rings (SSSR count). The van der Waals surface area contributed by atoms with E-state index in [0.29, 0.717) is 6.61 Å². The summed E-state index contributed by atoms with van der Waals surface area (Å²) in [5, 5.41) is 3.37. The Morgan fingerprint density at radius 2 is 1.19 bits per heavy atom. The third-order valence-electron chi connectivity index (χ3n) is 4.36. The fraction of sp³-hybridized carbons (Fsp3) is 0.174. The van der Waals surface area contributed by atoms with Crippen LogP contribution in [0.1, 0.15) is 13.8 Å². The monoisotopic (exact) mass is 377 g/mol. The van der Waals surface area contributed by atoms with Crippen LogP contribution in [0.25, 0.3) is 0 Å². The Labute approximate surface area is 161 Å². The van der Waals surface area contributed by atoms with Crippen LogP contribution < -0.4 is 15.9 Å². The summed E-state index contributed by atoms with van der Waals surface area (Å²) in [6.45, 7) is 3.99. The molecule has 4 heteroatoms. The van der Waals surface area contributed by atoms with Crippen molar-refractivity contribution < 1.29 is 9.53 Å². The molecule has 0 spiro atoms. The molecule has 0 heterocycles. The molecule has 1 atom stereocenters. The summed E-state index contributed by atoms with van der Waals surface area (Å²) in [5.74, 6) is -0.287. The van der Waals surface area contributed by atoms with Crippen molar-refractivity contribution >= 4 is 28.9 Å². The van der Waals surface area contributed by atoms with Gasteiger partial charge in [0, 0.05) is 15.9 Å². The molecule has 0 aliphatic heterocycles. The van der Waals surface area contributed by atoms with E-state index in [1.54, 1.807) is 0 Å². The second kappa shape index (κ2) is 8.83. The van der Waals surface area contributed by atoms with Crippen LogP contribution in [0.15, 0.2) is 95.7 Å². The second-order valence-corrected chi connectivity index (χ2v) is 9.24. The predicted molar refractivity (Wildman–Crippen MR) is 114 cm³/mol. The van der Waals surface area contributed by atoms with Gasteiger partial charge in [-0.15, -0.1) is 0 Å². The molecule has 0 radical (unpaired) electrons. The lowest BCUT2D eigenvalue weighted by Crippen LogP contribution is -2.28. The molecular formula is C23H24NO2P. The highest BCUT2D eigenvalue weighted by molar-refractivity contribution is 7.87. The Morgan fingerprint density at radius 3 is 1.52 bits per heavy atom. The first-order valence-corrected chi connectivity index (χ1v) is 10.9. The molecule has 0 aromatic heterocycles. The minimum absolute atomic E-state index is 0.287. The summed E-state index contributed by atoms with van der Waals surface area (Å²) in [6, 6.07) is 30.3. The quantitative estimate of drug-likeness (QED) is 0.479. The fourth-order valence-corrected chi connectivity index (χ4v) is 6.87. The number of hydrogen-bond donors (Lipinski definition) is 0. The largest absolute Gasteiger partial charge is 0.464 e. The third kappa shape index (κ3) is 4.04. The lowest BCUT2D eigenvalue weighted by atomic mass is 10.4. The van der Waals surface area contributed by atoms with E-state index in [-0.39, 0.29) is 5.97 Å². The van der Waals surface area contributed by atoms with Crippen LogP contribution in [-0.2, 0) is 9.53 Å². The van der Waals surface area contributed by atoms with Gasteiger partial charge < -0.3 is 4.74 Å². The summed E-state index contributed by atoms with van der Waals surface area (Å²) >= 11 is 0. The average Bonchev–Trinajstić information content (AvgIpc) is 2.74. The third-order valence-corrected chi connectivity index (χ3v) is 8.19. The molecule has 0 bridgehead atoms. The highest BCUT2D eigenvalue weighted by Gasteiger charge is 2.29. The van der Waals surface area contributed by atoms with Crippen molar-refractivity contribution in [1.29, 1.82) is 0 Å². The minimum atomic E-state index is -2.36. The van der Waals surface area contributed by atoms with Crippen LogP contribution >= 0.6 is 7.05 Å². The van der Waals surface area contributed by atoms with Gasteiger partial charge in [-0.1, -0.05) is 91.0 Å². The van der Waals surface area contributed by atoms with Gasteiger partial charge in [-0.05, 0) is 13.8 Å². The summed E-state index contributed by atoms with van der Waals surface area (Å²) < 4.78 is 10.4. The maximum Gasteiger partial charge on any atom is 0.330 e. The topological polar surface area (TPSA) is 38.7 Å².